The van der Waals surface area contributed by atoms with Gasteiger partial charge in [0.05, 0.1) is 24.2 Å². The Labute approximate surface area is 190 Å². The van der Waals surface area contributed by atoms with E-state index in [0.717, 1.165) is 0 Å². The molecular weight excluding hydrogens is 448 g/mol. The molecule has 1 atom stereocenters. The molecule has 2 rings (SSSR count). The van der Waals surface area contributed by atoms with Crippen LogP contribution in [0.25, 0.3) is 0 Å². The third kappa shape index (κ3) is 7.79. The molecule has 11 heteroatoms. The summed E-state index contributed by atoms with van der Waals surface area (Å²) in [6.07, 6.45) is 6.06. The second kappa shape index (κ2) is 12.6. The van der Waals surface area contributed by atoms with Crippen molar-refractivity contribution in [1.82, 2.24) is 20.8 Å². The minimum atomic E-state index is -0.539. The van der Waals surface area contributed by atoms with Crippen molar-refractivity contribution in [3.05, 3.63) is 58.0 Å². The second-order valence-electron chi connectivity index (χ2n) is 6.82. The zero-order valence-electron chi connectivity index (χ0n) is 17.1. The van der Waals surface area contributed by atoms with Crippen molar-refractivity contribution in [2.75, 3.05) is 19.7 Å². The smallest absolute Gasteiger partial charge is 0.330 e. The SMILES string of the molecule is CC(=O)N(NCc1cccc(F)c1Cl)[C@@H](CCCN)CONC(=O)N1C=CC=C(Cl)C1. The average molecular weight is 474 g/mol. The number of benzene rings is 1. The fourth-order valence-corrected chi connectivity index (χ4v) is 3.30. The van der Waals surface area contributed by atoms with E-state index in [9.17, 15) is 14.0 Å². The van der Waals surface area contributed by atoms with Gasteiger partial charge in [-0.15, -0.1) is 0 Å². The van der Waals surface area contributed by atoms with Crippen molar-refractivity contribution in [3.63, 3.8) is 0 Å². The molecule has 170 valence electrons. The van der Waals surface area contributed by atoms with E-state index in [4.69, 9.17) is 33.8 Å². The molecule has 0 unspecified atom stereocenters. The van der Waals surface area contributed by atoms with Crippen LogP contribution in [0.5, 0.6) is 0 Å². The van der Waals surface area contributed by atoms with Crippen LogP contribution in [0.1, 0.15) is 25.3 Å². The van der Waals surface area contributed by atoms with E-state index in [1.54, 1.807) is 24.4 Å². The molecule has 0 saturated carbocycles. The molecule has 8 nitrogen and oxygen atoms in total. The molecule has 31 heavy (non-hydrogen) atoms. The Balaban J connectivity index is 1.97. The first-order chi connectivity index (χ1) is 14.8. The molecule has 1 heterocycles. The van der Waals surface area contributed by atoms with Gasteiger partial charge in [-0.05, 0) is 43.2 Å². The molecule has 0 spiro atoms. The topological polar surface area (TPSA) is 99.9 Å². The highest BCUT2D eigenvalue weighted by Gasteiger charge is 2.23. The molecule has 1 aromatic carbocycles. The third-order valence-corrected chi connectivity index (χ3v) is 5.15. The van der Waals surface area contributed by atoms with Crippen LogP contribution in [0, 0.1) is 5.82 Å². The fraction of sp³-hybridized carbons (Fsp3) is 0.400. The van der Waals surface area contributed by atoms with Crippen LogP contribution in [-0.2, 0) is 16.2 Å². The summed E-state index contributed by atoms with van der Waals surface area (Å²) in [4.78, 5) is 31.2. The van der Waals surface area contributed by atoms with Gasteiger partial charge < -0.3 is 5.73 Å². The number of carbonyl (C=O) groups is 2. The quantitative estimate of drug-likeness (QED) is 0.453. The summed E-state index contributed by atoms with van der Waals surface area (Å²) in [6, 6.07) is 3.53. The Morgan fingerprint density at radius 2 is 2.16 bits per heavy atom. The van der Waals surface area contributed by atoms with Crippen LogP contribution in [0.2, 0.25) is 5.02 Å². The predicted molar refractivity (Wildman–Crippen MR) is 117 cm³/mol. The van der Waals surface area contributed by atoms with E-state index in [1.165, 1.54) is 29.0 Å². The van der Waals surface area contributed by atoms with Crippen molar-refractivity contribution < 1.29 is 18.8 Å². The first-order valence-corrected chi connectivity index (χ1v) is 10.5. The largest absolute Gasteiger partial charge is 0.345 e. The van der Waals surface area contributed by atoms with Gasteiger partial charge >= 0.3 is 6.03 Å². The Kier molecular flexibility index (Phi) is 10.2. The van der Waals surface area contributed by atoms with E-state index in [1.807, 2.05) is 0 Å². The maximum absolute atomic E-state index is 13.7. The van der Waals surface area contributed by atoms with Gasteiger partial charge in [0.25, 0.3) is 0 Å². The lowest BCUT2D eigenvalue weighted by Crippen LogP contribution is -2.51. The average Bonchev–Trinajstić information content (AvgIpc) is 2.74. The van der Waals surface area contributed by atoms with Crippen molar-refractivity contribution in [1.29, 1.82) is 0 Å². The first-order valence-electron chi connectivity index (χ1n) is 9.71. The van der Waals surface area contributed by atoms with Gasteiger partial charge in [0.2, 0.25) is 5.91 Å². The number of halogens is 3. The Bertz CT molecular complexity index is 837. The highest BCUT2D eigenvalue weighted by molar-refractivity contribution is 6.31. The van der Waals surface area contributed by atoms with E-state index in [2.05, 4.69) is 10.9 Å². The zero-order valence-corrected chi connectivity index (χ0v) is 18.6. The molecule has 0 aliphatic carbocycles. The van der Waals surface area contributed by atoms with Gasteiger partial charge in [-0.1, -0.05) is 35.3 Å². The molecule has 4 N–H and O–H groups in total. The van der Waals surface area contributed by atoms with Gasteiger partial charge in [0.15, 0.2) is 0 Å². The lowest BCUT2D eigenvalue weighted by atomic mass is 10.1. The number of hydrazine groups is 1. The van der Waals surface area contributed by atoms with Crippen LogP contribution in [0.15, 0.2) is 41.6 Å². The van der Waals surface area contributed by atoms with E-state index >= 15 is 0 Å². The molecule has 0 aromatic heterocycles. The summed E-state index contributed by atoms with van der Waals surface area (Å²) in [5.41, 5.74) is 11.4. The highest BCUT2D eigenvalue weighted by Crippen LogP contribution is 2.20. The number of carbonyl (C=O) groups excluding carboxylic acids is 2. The minimum absolute atomic E-state index is 0.0102. The molecule has 1 aromatic rings. The summed E-state index contributed by atoms with van der Waals surface area (Å²) in [6.45, 7) is 2.19. The standard InChI is InChI=1S/C20H26Cl2FN5O3/c1-14(29)28(25-11-15-5-2-8-18(23)19(15)22)17(7-3-9-24)13-31-26-20(30)27-10-4-6-16(21)12-27/h2,4-6,8,10,17,25H,3,7,9,11-13,24H2,1H3,(H,26,30)/t17-/m0/s1. The second-order valence-corrected chi connectivity index (χ2v) is 7.69. The van der Waals surface area contributed by atoms with Crippen LogP contribution in [0.4, 0.5) is 9.18 Å². The van der Waals surface area contributed by atoms with Gasteiger partial charge in [0, 0.05) is 24.7 Å². The summed E-state index contributed by atoms with van der Waals surface area (Å²) in [5, 5.41) is 1.88. The van der Waals surface area contributed by atoms with E-state index < -0.39 is 17.9 Å². The van der Waals surface area contributed by atoms with Crippen LogP contribution in [0.3, 0.4) is 0 Å². The molecular formula is C20H26Cl2FN5O3. The molecule has 0 fully saturated rings. The zero-order chi connectivity index (χ0) is 22.8. The summed E-state index contributed by atoms with van der Waals surface area (Å²) in [5.74, 6) is -0.817. The normalized spacial score (nSPS) is 14.2. The lowest BCUT2D eigenvalue weighted by molar-refractivity contribution is -0.138. The number of rotatable bonds is 10. The van der Waals surface area contributed by atoms with Gasteiger partial charge in [-0.2, -0.15) is 0 Å². The number of urea groups is 1. The summed E-state index contributed by atoms with van der Waals surface area (Å²) < 4.78 is 13.7. The third-order valence-electron chi connectivity index (χ3n) is 4.48. The number of amides is 3. The Hall–Kier alpha value is -2.17. The monoisotopic (exact) mass is 473 g/mol. The predicted octanol–water partition coefficient (Wildman–Crippen LogP) is 3.03. The molecule has 0 bridgehead atoms. The number of nitrogens with two attached hydrogens (primary N) is 1. The van der Waals surface area contributed by atoms with Crippen molar-refractivity contribution >= 4 is 35.1 Å². The van der Waals surface area contributed by atoms with Crippen LogP contribution >= 0.6 is 23.2 Å². The Morgan fingerprint density at radius 3 is 2.84 bits per heavy atom. The molecule has 1 aliphatic heterocycles. The van der Waals surface area contributed by atoms with Crippen LogP contribution in [-0.4, -0.2) is 47.6 Å². The molecule has 0 radical (unpaired) electrons. The van der Waals surface area contributed by atoms with Crippen molar-refractivity contribution in [3.8, 4) is 0 Å². The molecule has 3 amide bonds. The maximum atomic E-state index is 13.7. The molecule has 1 aliphatic rings. The van der Waals surface area contributed by atoms with Gasteiger partial charge in [-0.25, -0.2) is 20.1 Å². The van der Waals surface area contributed by atoms with Crippen LogP contribution < -0.4 is 16.6 Å². The van der Waals surface area contributed by atoms with Gasteiger partial charge in [-0.3, -0.25) is 19.5 Å². The number of hydrogen-bond acceptors (Lipinski definition) is 5. The van der Waals surface area contributed by atoms with E-state index in [-0.39, 0.29) is 30.6 Å². The maximum Gasteiger partial charge on any atom is 0.345 e. The van der Waals surface area contributed by atoms with Gasteiger partial charge in [0.1, 0.15) is 5.82 Å². The highest BCUT2D eigenvalue weighted by atomic mass is 35.5. The summed E-state index contributed by atoms with van der Waals surface area (Å²) >= 11 is 11.9. The first kappa shape index (κ1) is 25.1. The number of hydroxylamine groups is 1. The lowest BCUT2D eigenvalue weighted by Gasteiger charge is -2.31. The molecule has 0 saturated heterocycles. The number of hydrogen-bond donors (Lipinski definition) is 3. The number of nitrogens with zero attached hydrogens (tertiary/aromatic N) is 2. The van der Waals surface area contributed by atoms with Crippen molar-refractivity contribution in [2.45, 2.75) is 32.4 Å². The Morgan fingerprint density at radius 1 is 1.39 bits per heavy atom. The fourth-order valence-electron chi connectivity index (χ4n) is 2.91. The van der Waals surface area contributed by atoms with Crippen molar-refractivity contribution in [2.24, 2.45) is 5.73 Å². The number of allylic oxidation sites excluding steroid dienone is 2. The number of nitrogens with one attached hydrogen (secondary N) is 2. The summed E-state index contributed by atoms with van der Waals surface area (Å²) in [7, 11) is 0. The van der Waals surface area contributed by atoms with E-state index in [0.29, 0.717) is 30.0 Å². The minimum Gasteiger partial charge on any atom is -0.330 e.